The zero-order chi connectivity index (χ0) is 17.1. The molecule has 6 nitrogen and oxygen atoms in total. The van der Waals surface area contributed by atoms with Crippen LogP contribution >= 0.6 is 0 Å². The van der Waals surface area contributed by atoms with E-state index in [0.717, 1.165) is 12.1 Å². The van der Waals surface area contributed by atoms with Gasteiger partial charge in [0.25, 0.3) is 5.91 Å². The van der Waals surface area contributed by atoms with E-state index in [-0.39, 0.29) is 25.3 Å². The van der Waals surface area contributed by atoms with Crippen LogP contribution in [0.1, 0.15) is 6.42 Å². The third kappa shape index (κ3) is 3.39. The lowest BCUT2D eigenvalue weighted by Gasteiger charge is -2.28. The van der Waals surface area contributed by atoms with Gasteiger partial charge in [0.2, 0.25) is 6.79 Å². The monoisotopic (exact) mass is 341 g/mol. The summed E-state index contributed by atoms with van der Waals surface area (Å²) in [5, 5.41) is 0. The summed E-state index contributed by atoms with van der Waals surface area (Å²) in [7, 11) is 0. The molecule has 2 aromatic rings. The molecule has 0 N–H and O–H groups in total. The second-order valence-corrected chi connectivity index (χ2v) is 5.92. The molecule has 0 spiro atoms. The molecule has 1 amide bonds. The molecule has 1 saturated heterocycles. The van der Waals surface area contributed by atoms with Gasteiger partial charge in [-0.05, 0) is 30.7 Å². The third-order valence-electron chi connectivity index (χ3n) is 4.28. The Morgan fingerprint density at radius 2 is 1.96 bits per heavy atom. The summed E-state index contributed by atoms with van der Waals surface area (Å²) < 4.78 is 21.8. The maximum absolute atomic E-state index is 12.8. The summed E-state index contributed by atoms with van der Waals surface area (Å²) >= 11 is 0. The SMILES string of the molecule is O=C(COc1ccc2c(c1)OCO2)N(c1ccccc1)C1CCOC1. The average Bonchev–Trinajstić information content (AvgIpc) is 3.32. The minimum atomic E-state index is -0.0978. The molecule has 1 fully saturated rings. The molecule has 1 atom stereocenters. The second-order valence-electron chi connectivity index (χ2n) is 5.92. The van der Waals surface area contributed by atoms with Gasteiger partial charge in [-0.3, -0.25) is 4.79 Å². The number of hydrogen-bond donors (Lipinski definition) is 0. The van der Waals surface area contributed by atoms with Gasteiger partial charge in [-0.1, -0.05) is 18.2 Å². The minimum Gasteiger partial charge on any atom is -0.484 e. The molecule has 2 heterocycles. The number of amides is 1. The maximum Gasteiger partial charge on any atom is 0.265 e. The van der Waals surface area contributed by atoms with E-state index in [2.05, 4.69) is 0 Å². The summed E-state index contributed by atoms with van der Waals surface area (Å²) in [6.45, 7) is 1.38. The Kier molecular flexibility index (Phi) is 4.43. The van der Waals surface area contributed by atoms with Gasteiger partial charge in [-0.2, -0.15) is 0 Å². The summed E-state index contributed by atoms with van der Waals surface area (Å²) in [6, 6.07) is 15.0. The van der Waals surface area contributed by atoms with E-state index < -0.39 is 0 Å². The number of nitrogens with zero attached hydrogens (tertiary/aromatic N) is 1. The zero-order valence-electron chi connectivity index (χ0n) is 13.7. The van der Waals surface area contributed by atoms with E-state index in [1.54, 1.807) is 23.1 Å². The molecule has 4 rings (SSSR count). The molecule has 25 heavy (non-hydrogen) atoms. The van der Waals surface area contributed by atoms with Gasteiger partial charge in [0, 0.05) is 18.4 Å². The van der Waals surface area contributed by atoms with Crippen molar-refractivity contribution in [1.29, 1.82) is 0 Å². The van der Waals surface area contributed by atoms with Crippen LogP contribution in [0, 0.1) is 0 Å². The molecule has 1 unspecified atom stereocenters. The molecule has 130 valence electrons. The third-order valence-corrected chi connectivity index (χ3v) is 4.28. The topological polar surface area (TPSA) is 57.2 Å². The Labute approximate surface area is 145 Å². The van der Waals surface area contributed by atoms with Crippen molar-refractivity contribution < 1.29 is 23.7 Å². The molecule has 2 aromatic carbocycles. The van der Waals surface area contributed by atoms with Crippen LogP contribution in [0.4, 0.5) is 5.69 Å². The maximum atomic E-state index is 12.8. The van der Waals surface area contributed by atoms with E-state index in [0.29, 0.717) is 30.5 Å². The van der Waals surface area contributed by atoms with Crippen molar-refractivity contribution >= 4 is 11.6 Å². The number of rotatable bonds is 5. The molecule has 0 saturated carbocycles. The number of hydrogen-bond acceptors (Lipinski definition) is 5. The van der Waals surface area contributed by atoms with Crippen molar-refractivity contribution in [2.24, 2.45) is 0 Å². The van der Waals surface area contributed by atoms with E-state index in [1.165, 1.54) is 0 Å². The van der Waals surface area contributed by atoms with Crippen molar-refractivity contribution in [2.45, 2.75) is 12.5 Å². The summed E-state index contributed by atoms with van der Waals surface area (Å²) in [5.74, 6) is 1.80. The van der Waals surface area contributed by atoms with Crippen LogP contribution in [-0.4, -0.2) is 38.6 Å². The Morgan fingerprint density at radius 3 is 2.76 bits per heavy atom. The van der Waals surface area contributed by atoms with Gasteiger partial charge < -0.3 is 23.8 Å². The number of carbonyl (C=O) groups is 1. The lowest BCUT2D eigenvalue weighted by molar-refractivity contribution is -0.121. The largest absolute Gasteiger partial charge is 0.484 e. The highest BCUT2D eigenvalue weighted by atomic mass is 16.7. The number of benzene rings is 2. The van der Waals surface area contributed by atoms with Crippen molar-refractivity contribution in [3.63, 3.8) is 0 Å². The highest BCUT2D eigenvalue weighted by molar-refractivity contribution is 5.95. The highest BCUT2D eigenvalue weighted by Gasteiger charge is 2.29. The number of ether oxygens (including phenoxy) is 4. The molecule has 0 aliphatic carbocycles. The van der Waals surface area contributed by atoms with Gasteiger partial charge in [-0.15, -0.1) is 0 Å². The molecular formula is C19H19NO5. The Morgan fingerprint density at radius 1 is 1.12 bits per heavy atom. The summed E-state index contributed by atoms with van der Waals surface area (Å²) in [6.07, 6.45) is 0.824. The van der Waals surface area contributed by atoms with Gasteiger partial charge in [0.1, 0.15) is 5.75 Å². The predicted octanol–water partition coefficient (Wildman–Crippen LogP) is 2.62. The normalized spacial score (nSPS) is 18.2. The fourth-order valence-corrected chi connectivity index (χ4v) is 3.05. The van der Waals surface area contributed by atoms with Crippen LogP contribution in [0.2, 0.25) is 0 Å². The van der Waals surface area contributed by atoms with Crippen LogP contribution in [0.5, 0.6) is 17.2 Å². The molecule has 6 heteroatoms. The van der Waals surface area contributed by atoms with Crippen LogP contribution in [0.25, 0.3) is 0 Å². The molecular weight excluding hydrogens is 322 g/mol. The quantitative estimate of drug-likeness (QED) is 0.837. The molecule has 2 aliphatic rings. The van der Waals surface area contributed by atoms with Crippen LogP contribution in [0.3, 0.4) is 0 Å². The van der Waals surface area contributed by atoms with Crippen molar-refractivity contribution in [3.8, 4) is 17.2 Å². The number of carbonyl (C=O) groups excluding carboxylic acids is 1. The Bertz CT molecular complexity index is 743. The summed E-state index contributed by atoms with van der Waals surface area (Å²) in [5.41, 5.74) is 0.859. The zero-order valence-corrected chi connectivity index (χ0v) is 13.7. The molecule has 0 aromatic heterocycles. The summed E-state index contributed by atoms with van der Waals surface area (Å²) in [4.78, 5) is 14.6. The first kappa shape index (κ1) is 15.8. The number of para-hydroxylation sites is 1. The number of fused-ring (bicyclic) bond motifs is 1. The molecule has 2 aliphatic heterocycles. The van der Waals surface area contributed by atoms with Gasteiger partial charge in [-0.25, -0.2) is 0 Å². The smallest absolute Gasteiger partial charge is 0.265 e. The van der Waals surface area contributed by atoms with Crippen molar-refractivity contribution in [3.05, 3.63) is 48.5 Å². The lowest BCUT2D eigenvalue weighted by Crippen LogP contribution is -2.43. The van der Waals surface area contributed by atoms with E-state index in [4.69, 9.17) is 18.9 Å². The number of anilines is 1. The first-order chi connectivity index (χ1) is 12.3. The lowest BCUT2D eigenvalue weighted by atomic mass is 10.2. The predicted molar refractivity (Wildman–Crippen MR) is 91.2 cm³/mol. The van der Waals surface area contributed by atoms with Crippen LogP contribution < -0.4 is 19.1 Å². The first-order valence-corrected chi connectivity index (χ1v) is 8.28. The fourth-order valence-electron chi connectivity index (χ4n) is 3.05. The average molecular weight is 341 g/mol. The van der Waals surface area contributed by atoms with Crippen molar-refractivity contribution in [2.75, 3.05) is 31.5 Å². The second kappa shape index (κ2) is 7.03. The van der Waals surface area contributed by atoms with Gasteiger partial charge in [0.15, 0.2) is 18.1 Å². The molecule has 0 radical (unpaired) electrons. The van der Waals surface area contributed by atoms with Gasteiger partial charge in [0.05, 0.1) is 12.6 Å². The van der Waals surface area contributed by atoms with Crippen LogP contribution in [0.15, 0.2) is 48.5 Å². The highest BCUT2D eigenvalue weighted by Crippen LogP contribution is 2.35. The van der Waals surface area contributed by atoms with E-state index in [1.807, 2.05) is 30.3 Å². The standard InChI is InChI=1S/C19H19NO5/c21-19(12-23-16-6-7-17-18(10-16)25-13-24-17)20(15-8-9-22-11-15)14-4-2-1-3-5-14/h1-7,10,15H,8-9,11-13H2. The fraction of sp³-hybridized carbons (Fsp3) is 0.316. The minimum absolute atomic E-state index is 0.0373. The van der Waals surface area contributed by atoms with E-state index in [9.17, 15) is 4.79 Å². The first-order valence-electron chi connectivity index (χ1n) is 8.28. The molecule has 0 bridgehead atoms. The van der Waals surface area contributed by atoms with E-state index >= 15 is 0 Å². The van der Waals surface area contributed by atoms with Crippen molar-refractivity contribution in [1.82, 2.24) is 0 Å². The Balaban J connectivity index is 1.47. The van der Waals surface area contributed by atoms with Crippen LogP contribution in [-0.2, 0) is 9.53 Å². The Hall–Kier alpha value is -2.73. The van der Waals surface area contributed by atoms with Gasteiger partial charge >= 0.3 is 0 Å².